The number of hydrogen-bond acceptors (Lipinski definition) is 4. The van der Waals surface area contributed by atoms with Crippen molar-refractivity contribution in [1.82, 2.24) is 9.88 Å². The summed E-state index contributed by atoms with van der Waals surface area (Å²) < 4.78 is 38.6. The lowest BCUT2D eigenvalue weighted by atomic mass is 10.1. The molecular weight excluding hydrogens is 391 g/mol. The zero-order valence-electron chi connectivity index (χ0n) is 16.2. The van der Waals surface area contributed by atoms with Crippen LogP contribution >= 0.6 is 0 Å². The van der Waals surface area contributed by atoms with Crippen LogP contribution in [0, 0.1) is 12.7 Å². The summed E-state index contributed by atoms with van der Waals surface area (Å²) in [5, 5.41) is 4.15. The molecule has 1 fully saturated rings. The van der Waals surface area contributed by atoms with Gasteiger partial charge >= 0.3 is 0 Å². The molecule has 0 radical (unpaired) electrons. The van der Waals surface area contributed by atoms with Gasteiger partial charge in [-0.1, -0.05) is 23.8 Å². The summed E-state index contributed by atoms with van der Waals surface area (Å²) in [5.41, 5.74) is 3.00. The van der Waals surface area contributed by atoms with Crippen molar-refractivity contribution < 1.29 is 12.8 Å². The van der Waals surface area contributed by atoms with Crippen LogP contribution in [0.3, 0.4) is 0 Å². The molecule has 5 nitrogen and oxygen atoms in total. The number of benzene rings is 2. The number of aryl methyl sites for hydroxylation is 1. The van der Waals surface area contributed by atoms with E-state index in [1.807, 2.05) is 31.2 Å². The van der Waals surface area contributed by atoms with E-state index in [1.165, 1.54) is 12.1 Å². The first-order valence-electron chi connectivity index (χ1n) is 9.62. The third kappa shape index (κ3) is 4.41. The maximum atomic E-state index is 13.6. The molecule has 7 heteroatoms. The van der Waals surface area contributed by atoms with Crippen molar-refractivity contribution in [3.05, 3.63) is 81.4 Å². The normalized spacial score (nSPS) is 18.3. The highest BCUT2D eigenvalue weighted by Crippen LogP contribution is 2.18. The maximum Gasteiger partial charge on any atom is 0.255 e. The van der Waals surface area contributed by atoms with Crippen LogP contribution in [-0.2, 0) is 22.9 Å². The van der Waals surface area contributed by atoms with Gasteiger partial charge in [0.2, 0.25) is 0 Å². The second-order valence-electron chi connectivity index (χ2n) is 7.73. The Hall–Kier alpha value is -2.51. The molecule has 29 heavy (non-hydrogen) atoms. The molecule has 0 spiro atoms. The van der Waals surface area contributed by atoms with Crippen LogP contribution in [-0.4, -0.2) is 30.5 Å². The fourth-order valence-corrected chi connectivity index (χ4v) is 5.59. The summed E-state index contributed by atoms with van der Waals surface area (Å²) in [5.74, 6) is -0.0429. The Bertz CT molecular complexity index is 1230. The number of rotatable bonds is 5. The standard InChI is InChI=1S/C22H23FN2O3S/c1-15-5-6-21-17(9-15)11-18(12-24-20-7-8-29(27,28)14-20)22(26)25(21)13-16-3-2-4-19(23)10-16/h2-6,9-11,20,24H,7-8,12-14H2,1H3/t20-/m1/s1. The zero-order valence-corrected chi connectivity index (χ0v) is 17.0. The highest BCUT2D eigenvalue weighted by molar-refractivity contribution is 7.91. The lowest BCUT2D eigenvalue weighted by Crippen LogP contribution is -2.33. The molecular formula is C22H23FN2O3S. The molecule has 2 aromatic carbocycles. The molecule has 4 rings (SSSR count). The summed E-state index contributed by atoms with van der Waals surface area (Å²) in [6, 6.07) is 13.8. The predicted octanol–water partition coefficient (Wildman–Crippen LogP) is 2.77. The van der Waals surface area contributed by atoms with E-state index in [2.05, 4.69) is 5.32 Å². The van der Waals surface area contributed by atoms with E-state index in [9.17, 15) is 17.6 Å². The number of fused-ring (bicyclic) bond motifs is 1. The van der Waals surface area contributed by atoms with E-state index >= 15 is 0 Å². The second kappa shape index (κ2) is 7.72. The smallest absolute Gasteiger partial charge is 0.255 e. The summed E-state index contributed by atoms with van der Waals surface area (Å²) in [7, 11) is -2.98. The fourth-order valence-electron chi connectivity index (χ4n) is 3.88. The van der Waals surface area contributed by atoms with E-state index in [-0.39, 0.29) is 35.5 Å². The van der Waals surface area contributed by atoms with Gasteiger partial charge in [0.1, 0.15) is 5.82 Å². The van der Waals surface area contributed by atoms with Gasteiger partial charge in [0.15, 0.2) is 9.84 Å². The van der Waals surface area contributed by atoms with Crippen molar-refractivity contribution in [2.24, 2.45) is 0 Å². The Balaban J connectivity index is 1.71. The van der Waals surface area contributed by atoms with E-state index in [0.29, 0.717) is 24.1 Å². The third-order valence-corrected chi connectivity index (χ3v) is 7.13. The van der Waals surface area contributed by atoms with Crippen molar-refractivity contribution in [1.29, 1.82) is 0 Å². The van der Waals surface area contributed by atoms with Crippen LogP contribution < -0.4 is 10.9 Å². The largest absolute Gasteiger partial charge is 0.309 e. The minimum Gasteiger partial charge on any atom is -0.309 e. The Kier molecular flexibility index (Phi) is 5.27. The molecule has 1 aliphatic heterocycles. The van der Waals surface area contributed by atoms with E-state index in [0.717, 1.165) is 16.5 Å². The maximum absolute atomic E-state index is 13.6. The SMILES string of the molecule is Cc1ccc2c(c1)cc(CN[C@@H]1CCS(=O)(=O)C1)c(=O)n2Cc1cccc(F)c1. The minimum absolute atomic E-state index is 0.108. The van der Waals surface area contributed by atoms with E-state index < -0.39 is 9.84 Å². The number of pyridine rings is 1. The van der Waals surface area contributed by atoms with Crippen LogP contribution in [0.4, 0.5) is 4.39 Å². The molecule has 152 valence electrons. The molecule has 0 aliphatic carbocycles. The summed E-state index contributed by atoms with van der Waals surface area (Å²) in [6.45, 7) is 2.55. The monoisotopic (exact) mass is 414 g/mol. The third-order valence-electron chi connectivity index (χ3n) is 5.37. The van der Waals surface area contributed by atoms with Gasteiger partial charge in [-0.05, 0) is 54.6 Å². The average Bonchev–Trinajstić information content (AvgIpc) is 3.01. The zero-order chi connectivity index (χ0) is 20.6. The van der Waals surface area contributed by atoms with Crippen molar-refractivity contribution >= 4 is 20.7 Å². The molecule has 0 bridgehead atoms. The highest BCUT2D eigenvalue weighted by Gasteiger charge is 2.27. The van der Waals surface area contributed by atoms with Crippen molar-refractivity contribution in [2.45, 2.75) is 32.5 Å². The van der Waals surface area contributed by atoms with Crippen molar-refractivity contribution in [3.8, 4) is 0 Å². The Morgan fingerprint density at radius 2 is 2.00 bits per heavy atom. The quantitative estimate of drug-likeness (QED) is 0.697. The molecule has 0 saturated carbocycles. The van der Waals surface area contributed by atoms with E-state index in [1.54, 1.807) is 16.7 Å². The number of aromatic nitrogens is 1. The summed E-state index contributed by atoms with van der Waals surface area (Å²) >= 11 is 0. The first-order chi connectivity index (χ1) is 13.8. The summed E-state index contributed by atoms with van der Waals surface area (Å²) in [4.78, 5) is 13.2. The molecule has 0 unspecified atom stereocenters. The topological polar surface area (TPSA) is 68.2 Å². The van der Waals surface area contributed by atoms with E-state index in [4.69, 9.17) is 0 Å². The Morgan fingerprint density at radius 3 is 2.72 bits per heavy atom. The second-order valence-corrected chi connectivity index (χ2v) is 9.96. The van der Waals surface area contributed by atoms with Crippen molar-refractivity contribution in [2.75, 3.05) is 11.5 Å². The molecule has 2 heterocycles. The molecule has 1 saturated heterocycles. The lowest BCUT2D eigenvalue weighted by Gasteiger charge is -2.16. The number of halogens is 1. The van der Waals surface area contributed by atoms with Crippen LogP contribution in [0.25, 0.3) is 10.9 Å². The number of hydrogen-bond donors (Lipinski definition) is 1. The molecule has 3 aromatic rings. The summed E-state index contributed by atoms with van der Waals surface area (Å²) in [6.07, 6.45) is 0.562. The first-order valence-corrected chi connectivity index (χ1v) is 11.4. The van der Waals surface area contributed by atoms with Crippen LogP contribution in [0.5, 0.6) is 0 Å². The van der Waals surface area contributed by atoms with Gasteiger partial charge in [0.25, 0.3) is 5.56 Å². The van der Waals surface area contributed by atoms with Gasteiger partial charge in [0.05, 0.1) is 23.6 Å². The average molecular weight is 415 g/mol. The Labute approximate surface area is 169 Å². The van der Waals surface area contributed by atoms with Gasteiger partial charge in [-0.3, -0.25) is 4.79 Å². The molecule has 1 aromatic heterocycles. The molecule has 1 aliphatic rings. The fraction of sp³-hybridized carbons (Fsp3) is 0.318. The highest BCUT2D eigenvalue weighted by atomic mass is 32.2. The van der Waals surface area contributed by atoms with Crippen LogP contribution in [0.1, 0.15) is 23.1 Å². The number of sulfone groups is 1. The number of nitrogens with one attached hydrogen (secondary N) is 1. The van der Waals surface area contributed by atoms with Crippen LogP contribution in [0.15, 0.2) is 53.3 Å². The Morgan fingerprint density at radius 1 is 1.17 bits per heavy atom. The van der Waals surface area contributed by atoms with Gasteiger partial charge in [0, 0.05) is 18.2 Å². The minimum atomic E-state index is -2.98. The van der Waals surface area contributed by atoms with Gasteiger partial charge in [-0.15, -0.1) is 0 Å². The number of nitrogens with zero attached hydrogens (tertiary/aromatic N) is 1. The van der Waals surface area contributed by atoms with Gasteiger partial charge in [-0.25, -0.2) is 12.8 Å². The first kappa shape index (κ1) is 19.8. The van der Waals surface area contributed by atoms with Gasteiger partial charge in [-0.2, -0.15) is 0 Å². The van der Waals surface area contributed by atoms with Gasteiger partial charge < -0.3 is 9.88 Å². The predicted molar refractivity (Wildman–Crippen MR) is 112 cm³/mol. The molecule has 0 amide bonds. The molecule has 1 atom stereocenters. The lowest BCUT2D eigenvalue weighted by molar-refractivity contribution is 0.550. The van der Waals surface area contributed by atoms with Crippen LogP contribution in [0.2, 0.25) is 0 Å². The van der Waals surface area contributed by atoms with Crippen molar-refractivity contribution in [3.63, 3.8) is 0 Å². The molecule has 1 N–H and O–H groups in total.